The monoisotopic (exact) mass is 466 g/mol. The summed E-state index contributed by atoms with van der Waals surface area (Å²) in [6.45, 7) is 4.71. The molecule has 0 saturated carbocycles. The average molecular weight is 467 g/mol. The largest absolute Gasteiger partial charge is 0.458 e. The Morgan fingerprint density at radius 1 is 1.03 bits per heavy atom. The van der Waals surface area contributed by atoms with Gasteiger partial charge in [-0.15, -0.1) is 0 Å². The Kier molecular flexibility index (Phi) is 7.28. The molecule has 4 aromatic rings. The molecular weight excluding hydrogens is 440 g/mol. The topological polar surface area (TPSA) is 73.4 Å². The number of aromatic amines is 1. The van der Waals surface area contributed by atoms with Crippen molar-refractivity contribution in [1.82, 2.24) is 9.97 Å². The van der Waals surface area contributed by atoms with Gasteiger partial charge >= 0.3 is 5.97 Å². The molecule has 33 heavy (non-hydrogen) atoms. The van der Waals surface area contributed by atoms with Crippen molar-refractivity contribution in [2.75, 3.05) is 20.3 Å². The number of carbonyl (C=O) groups is 1. The molecule has 0 radical (unpaired) electrons. The van der Waals surface area contributed by atoms with Crippen molar-refractivity contribution < 1.29 is 19.0 Å². The minimum absolute atomic E-state index is 0.212. The molecule has 4 rings (SSSR count). The van der Waals surface area contributed by atoms with Crippen molar-refractivity contribution in [3.8, 4) is 0 Å². The lowest BCUT2D eigenvalue weighted by atomic mass is 9.97. The first-order valence-electron chi connectivity index (χ1n) is 10.9. The fourth-order valence-electron chi connectivity index (χ4n) is 3.97. The molecule has 0 aliphatic rings. The molecule has 0 aliphatic carbocycles. The number of hydrogen-bond donors (Lipinski definition) is 1. The highest BCUT2D eigenvalue weighted by atomic mass is 35.5. The molecule has 172 valence electrons. The lowest BCUT2D eigenvalue weighted by Gasteiger charge is -2.14. The van der Waals surface area contributed by atoms with Crippen molar-refractivity contribution >= 4 is 39.4 Å². The number of carbonyl (C=O) groups excluding carboxylic acids is 1. The highest BCUT2D eigenvalue weighted by Gasteiger charge is 2.22. The molecule has 2 heterocycles. The van der Waals surface area contributed by atoms with Gasteiger partial charge in [0.05, 0.1) is 37.6 Å². The molecule has 0 fully saturated rings. The van der Waals surface area contributed by atoms with Crippen LogP contribution >= 0.6 is 11.6 Å². The number of nitrogens with zero attached hydrogens (tertiary/aromatic N) is 1. The van der Waals surface area contributed by atoms with Gasteiger partial charge in [-0.2, -0.15) is 0 Å². The Balaban J connectivity index is 1.89. The van der Waals surface area contributed by atoms with Crippen LogP contribution in [0, 0.1) is 0 Å². The number of methoxy groups -OCH3 is 1. The van der Waals surface area contributed by atoms with Crippen LogP contribution in [0.1, 0.15) is 41.0 Å². The maximum Gasteiger partial charge on any atom is 0.357 e. The quantitative estimate of drug-likeness (QED) is 0.253. The normalized spacial score (nSPS) is 11.5. The Hall–Kier alpha value is -2.93. The van der Waals surface area contributed by atoms with Crippen LogP contribution in [0.25, 0.3) is 21.8 Å². The molecule has 0 spiro atoms. The van der Waals surface area contributed by atoms with Crippen molar-refractivity contribution in [3.05, 3.63) is 76.1 Å². The zero-order valence-corrected chi connectivity index (χ0v) is 19.7. The molecule has 0 amide bonds. The van der Waals surface area contributed by atoms with Crippen molar-refractivity contribution in [2.24, 2.45) is 0 Å². The first kappa shape index (κ1) is 23.2. The van der Waals surface area contributed by atoms with E-state index in [4.69, 9.17) is 25.8 Å². The number of H-pyrrole nitrogens is 1. The van der Waals surface area contributed by atoms with Gasteiger partial charge in [0.25, 0.3) is 0 Å². The predicted molar refractivity (Wildman–Crippen MR) is 130 cm³/mol. The summed E-state index contributed by atoms with van der Waals surface area (Å²) < 4.78 is 16.4. The number of esters is 1. The smallest absolute Gasteiger partial charge is 0.357 e. The lowest BCUT2D eigenvalue weighted by Crippen LogP contribution is -2.16. The number of benzene rings is 2. The second-order valence-electron chi connectivity index (χ2n) is 8.11. The highest BCUT2D eigenvalue weighted by Crippen LogP contribution is 2.34. The van der Waals surface area contributed by atoms with Crippen LogP contribution in [-0.4, -0.2) is 42.4 Å². The predicted octanol–water partition coefficient (Wildman–Crippen LogP) is 5.69. The highest BCUT2D eigenvalue weighted by molar-refractivity contribution is 6.31. The van der Waals surface area contributed by atoms with Gasteiger partial charge in [0.2, 0.25) is 0 Å². The minimum Gasteiger partial charge on any atom is -0.458 e. The molecule has 0 aliphatic heterocycles. The first-order valence-corrected chi connectivity index (χ1v) is 11.3. The van der Waals surface area contributed by atoms with E-state index in [1.54, 1.807) is 13.3 Å². The fraction of sp³-hybridized carbons (Fsp3) is 0.308. The SMILES string of the molecule is COCCOCc1c(C(=O)OC(C)C)ncc2[nH]c3cccc(Cc4ccccc4Cl)c3c12. The molecule has 0 saturated heterocycles. The van der Waals surface area contributed by atoms with E-state index < -0.39 is 5.97 Å². The average Bonchev–Trinajstić information content (AvgIpc) is 3.17. The van der Waals surface area contributed by atoms with E-state index in [0.29, 0.717) is 25.2 Å². The van der Waals surface area contributed by atoms with E-state index in [-0.39, 0.29) is 18.4 Å². The van der Waals surface area contributed by atoms with Gasteiger partial charge in [-0.05, 0) is 43.5 Å². The van der Waals surface area contributed by atoms with Gasteiger partial charge in [-0.1, -0.05) is 41.9 Å². The Morgan fingerprint density at radius 2 is 1.82 bits per heavy atom. The molecule has 0 bridgehead atoms. The molecule has 6 nitrogen and oxygen atoms in total. The van der Waals surface area contributed by atoms with Crippen LogP contribution < -0.4 is 0 Å². The number of pyridine rings is 1. The standard InChI is InChI=1S/C26H27ClN2O4/c1-16(2)33-26(30)25-19(15-32-12-11-31-3)24-22(14-28-25)29-21-10-6-8-18(23(21)24)13-17-7-4-5-9-20(17)27/h4-10,14,16,29H,11-13,15H2,1-3H3. The number of nitrogens with one attached hydrogen (secondary N) is 1. The van der Waals surface area contributed by atoms with Gasteiger partial charge in [-0.3, -0.25) is 0 Å². The van der Waals surface area contributed by atoms with Crippen molar-refractivity contribution in [2.45, 2.75) is 33.0 Å². The summed E-state index contributed by atoms with van der Waals surface area (Å²) >= 11 is 6.45. The molecule has 7 heteroatoms. The van der Waals surface area contributed by atoms with Gasteiger partial charge in [0, 0.05) is 34.0 Å². The number of fused-ring (bicyclic) bond motifs is 3. The van der Waals surface area contributed by atoms with Gasteiger partial charge in [0.15, 0.2) is 5.69 Å². The van der Waals surface area contributed by atoms with Crippen molar-refractivity contribution in [1.29, 1.82) is 0 Å². The molecule has 2 aromatic carbocycles. The summed E-state index contributed by atoms with van der Waals surface area (Å²) in [6.07, 6.45) is 2.09. The van der Waals surface area contributed by atoms with E-state index in [0.717, 1.165) is 38.0 Å². The maximum atomic E-state index is 12.9. The number of rotatable bonds is 9. The first-order chi connectivity index (χ1) is 16.0. The van der Waals surface area contributed by atoms with E-state index in [2.05, 4.69) is 16.0 Å². The van der Waals surface area contributed by atoms with E-state index in [9.17, 15) is 4.79 Å². The summed E-state index contributed by atoms with van der Waals surface area (Å²) in [4.78, 5) is 20.8. The van der Waals surface area contributed by atoms with Crippen LogP contribution in [0.3, 0.4) is 0 Å². The second kappa shape index (κ2) is 10.3. The number of aromatic nitrogens is 2. The number of hydrogen-bond acceptors (Lipinski definition) is 5. The van der Waals surface area contributed by atoms with Crippen LogP contribution in [-0.2, 0) is 27.2 Å². The third-order valence-corrected chi connectivity index (χ3v) is 5.77. The molecule has 0 unspecified atom stereocenters. The summed E-state index contributed by atoms with van der Waals surface area (Å²) in [5, 5.41) is 2.66. The fourth-order valence-corrected chi connectivity index (χ4v) is 4.18. The summed E-state index contributed by atoms with van der Waals surface area (Å²) in [5.74, 6) is -0.463. The second-order valence-corrected chi connectivity index (χ2v) is 8.51. The Morgan fingerprint density at radius 3 is 2.58 bits per heavy atom. The van der Waals surface area contributed by atoms with Crippen LogP contribution in [0.4, 0.5) is 0 Å². The zero-order valence-electron chi connectivity index (χ0n) is 19.0. The summed E-state index contributed by atoms with van der Waals surface area (Å²) in [5.41, 5.74) is 4.90. The molecule has 0 atom stereocenters. The van der Waals surface area contributed by atoms with E-state index >= 15 is 0 Å². The number of ether oxygens (including phenoxy) is 3. The molecule has 2 aromatic heterocycles. The van der Waals surface area contributed by atoms with Crippen molar-refractivity contribution in [3.63, 3.8) is 0 Å². The Labute approximate surface area is 197 Å². The third-order valence-electron chi connectivity index (χ3n) is 5.40. The lowest BCUT2D eigenvalue weighted by molar-refractivity contribution is 0.0357. The number of halogens is 1. The van der Waals surface area contributed by atoms with E-state index in [1.165, 1.54) is 0 Å². The zero-order chi connectivity index (χ0) is 23.4. The summed E-state index contributed by atoms with van der Waals surface area (Å²) in [7, 11) is 1.62. The van der Waals surface area contributed by atoms with Gasteiger partial charge < -0.3 is 19.2 Å². The molecular formula is C26H27ClN2O4. The van der Waals surface area contributed by atoms with Crippen LogP contribution in [0.15, 0.2) is 48.7 Å². The van der Waals surface area contributed by atoms with Crippen LogP contribution in [0.2, 0.25) is 5.02 Å². The van der Waals surface area contributed by atoms with Gasteiger partial charge in [-0.25, -0.2) is 9.78 Å². The van der Waals surface area contributed by atoms with Crippen LogP contribution in [0.5, 0.6) is 0 Å². The Bertz CT molecular complexity index is 1280. The molecule has 1 N–H and O–H groups in total. The van der Waals surface area contributed by atoms with Gasteiger partial charge in [0.1, 0.15) is 0 Å². The van der Waals surface area contributed by atoms with E-state index in [1.807, 2.05) is 50.2 Å². The summed E-state index contributed by atoms with van der Waals surface area (Å²) in [6, 6.07) is 13.9. The minimum atomic E-state index is -0.463. The third kappa shape index (κ3) is 5.03. The maximum absolute atomic E-state index is 12.9.